The van der Waals surface area contributed by atoms with Crippen molar-refractivity contribution in [3.8, 4) is 6.07 Å². The summed E-state index contributed by atoms with van der Waals surface area (Å²) >= 11 is 0. The van der Waals surface area contributed by atoms with Crippen molar-refractivity contribution in [3.05, 3.63) is 57.9 Å². The van der Waals surface area contributed by atoms with E-state index in [1.165, 1.54) is 7.11 Å². The van der Waals surface area contributed by atoms with Crippen LogP contribution in [0.1, 0.15) is 97.7 Å². The van der Waals surface area contributed by atoms with Gasteiger partial charge in [0.05, 0.1) is 47.2 Å². The summed E-state index contributed by atoms with van der Waals surface area (Å²) in [5, 5.41) is 13.1. The number of nitriles is 1. The molecule has 0 saturated carbocycles. The number of benzene rings is 1. The maximum atomic E-state index is 13.4. The molecule has 3 heterocycles. The van der Waals surface area contributed by atoms with Crippen molar-refractivity contribution in [1.29, 1.82) is 5.26 Å². The summed E-state index contributed by atoms with van der Waals surface area (Å²) in [6.45, 7) is 13.7. The van der Waals surface area contributed by atoms with E-state index in [9.17, 15) is 14.9 Å². The highest BCUT2D eigenvalue weighted by Crippen LogP contribution is 2.37. The van der Waals surface area contributed by atoms with E-state index in [0.29, 0.717) is 40.8 Å². The minimum atomic E-state index is -0.827. The van der Waals surface area contributed by atoms with Crippen molar-refractivity contribution in [1.82, 2.24) is 10.3 Å². The highest BCUT2D eigenvalue weighted by atomic mass is 16.7. The fraction of sp³-hybridized carbons (Fsp3) is 0.500. The number of hydrogen-bond acceptors (Lipinski definition) is 9. The molecule has 0 amide bonds. The molecule has 38 heavy (non-hydrogen) atoms. The van der Waals surface area contributed by atoms with Crippen LogP contribution in [0.3, 0.4) is 0 Å². The number of ether oxygens (including phenoxy) is 2. The number of carbonyl (C=O) groups is 2. The Labute approximate surface area is 224 Å². The zero-order valence-corrected chi connectivity index (χ0v) is 23.2. The molecule has 1 aromatic carbocycles. The van der Waals surface area contributed by atoms with Crippen LogP contribution in [0.4, 0.5) is 0 Å². The minimum absolute atomic E-state index is 0.0703. The topological polar surface area (TPSA) is 120 Å². The fourth-order valence-electron chi connectivity index (χ4n) is 4.65. The van der Waals surface area contributed by atoms with E-state index in [1.54, 1.807) is 45.0 Å². The molecule has 0 aliphatic carbocycles. The van der Waals surface area contributed by atoms with Gasteiger partial charge in [-0.3, -0.25) is 0 Å². The van der Waals surface area contributed by atoms with Crippen LogP contribution in [0.25, 0.3) is 0 Å². The monoisotopic (exact) mass is 519 g/mol. The largest absolute Gasteiger partial charge is 0.497 e. The molecule has 0 bridgehead atoms. The van der Waals surface area contributed by atoms with Gasteiger partial charge in [-0.25, -0.2) is 14.6 Å². The lowest BCUT2D eigenvalue weighted by Crippen LogP contribution is -2.41. The lowest BCUT2D eigenvalue weighted by atomic mass is 9.77. The summed E-state index contributed by atoms with van der Waals surface area (Å²) in [5.41, 5.74) is 1.24. The lowest BCUT2D eigenvalue weighted by Gasteiger charge is -2.32. The summed E-state index contributed by atoms with van der Waals surface area (Å²) in [6.07, 6.45) is 0.560. The van der Waals surface area contributed by atoms with E-state index in [4.69, 9.17) is 23.8 Å². The summed E-state index contributed by atoms with van der Waals surface area (Å²) in [5.74, 6) is -1.13. The first-order valence-corrected chi connectivity index (χ1v) is 12.7. The fourth-order valence-corrected chi connectivity index (χ4v) is 4.65. The van der Waals surface area contributed by atoms with E-state index in [2.05, 4.69) is 11.4 Å². The first-order valence-electron chi connectivity index (χ1n) is 12.7. The van der Waals surface area contributed by atoms with Crippen molar-refractivity contribution >= 4 is 24.5 Å². The molecule has 1 fully saturated rings. The molecule has 0 radical (unpaired) electrons. The van der Waals surface area contributed by atoms with Crippen LogP contribution >= 0.6 is 0 Å². The van der Waals surface area contributed by atoms with Gasteiger partial charge in [-0.15, -0.1) is 0 Å². The summed E-state index contributed by atoms with van der Waals surface area (Å²) in [7, 11) is 0.489. The average molecular weight is 519 g/mol. The average Bonchev–Trinajstić information content (AvgIpc) is 3.07. The molecule has 0 spiro atoms. The highest BCUT2D eigenvalue weighted by Gasteiger charge is 2.53. The zero-order valence-electron chi connectivity index (χ0n) is 23.2. The maximum Gasteiger partial charge on any atom is 0.497 e. The van der Waals surface area contributed by atoms with Crippen molar-refractivity contribution < 1.29 is 28.4 Å². The smallest absolute Gasteiger partial charge is 0.465 e. The lowest BCUT2D eigenvalue weighted by molar-refractivity contribution is 0.00578. The Morgan fingerprint density at radius 3 is 2.34 bits per heavy atom. The van der Waals surface area contributed by atoms with Crippen LogP contribution in [0.2, 0.25) is 0 Å². The standard InChI is InChI=1S/C28H34BN3O6/c1-26(2,3)36-25(34)22-19(29-37-27(4,5)28(6,7)38-29)11-12-20(32-22)23-21-17(13-14-31-23)16(15-30)9-10-18(21)24(33)35-8/h9-12,23,31H,13-14H2,1-8H3. The normalized spacial score (nSPS) is 19.9. The summed E-state index contributed by atoms with van der Waals surface area (Å²) in [4.78, 5) is 30.9. The van der Waals surface area contributed by atoms with E-state index >= 15 is 0 Å². The third-order valence-electron chi connectivity index (χ3n) is 7.24. The van der Waals surface area contributed by atoms with Crippen molar-refractivity contribution in [2.75, 3.05) is 13.7 Å². The van der Waals surface area contributed by atoms with Crippen LogP contribution in [0.5, 0.6) is 0 Å². The molecule has 1 saturated heterocycles. The van der Waals surface area contributed by atoms with Crippen LogP contribution in [0.15, 0.2) is 24.3 Å². The molecule has 1 aromatic heterocycles. The van der Waals surface area contributed by atoms with Gasteiger partial charge in [-0.05, 0) is 84.2 Å². The van der Waals surface area contributed by atoms with Gasteiger partial charge in [0.2, 0.25) is 0 Å². The predicted octanol–water partition coefficient (Wildman–Crippen LogP) is 3.23. The summed E-state index contributed by atoms with van der Waals surface area (Å²) in [6, 6.07) is 8.42. The van der Waals surface area contributed by atoms with Gasteiger partial charge in [0.25, 0.3) is 0 Å². The number of pyridine rings is 1. The number of esters is 2. The second kappa shape index (κ2) is 9.81. The molecular weight excluding hydrogens is 485 g/mol. The van der Waals surface area contributed by atoms with Gasteiger partial charge in [0.15, 0.2) is 0 Å². The Bertz CT molecular complexity index is 1310. The quantitative estimate of drug-likeness (QED) is 0.480. The molecular formula is C28H34BN3O6. The van der Waals surface area contributed by atoms with Crippen LogP contribution < -0.4 is 10.8 Å². The van der Waals surface area contributed by atoms with Gasteiger partial charge in [0.1, 0.15) is 11.3 Å². The number of nitrogens with one attached hydrogen (secondary N) is 1. The first kappa shape index (κ1) is 27.8. The Morgan fingerprint density at radius 1 is 1.11 bits per heavy atom. The Morgan fingerprint density at radius 2 is 1.76 bits per heavy atom. The SMILES string of the molecule is COC(=O)c1ccc(C#N)c2c1C(c1ccc(B3OC(C)(C)C(C)(C)O3)c(C(=O)OC(C)(C)C)n1)NCC2. The third-order valence-corrected chi connectivity index (χ3v) is 7.24. The van der Waals surface area contributed by atoms with Gasteiger partial charge in [-0.1, -0.05) is 6.07 Å². The Hall–Kier alpha value is -3.26. The predicted molar refractivity (Wildman–Crippen MR) is 141 cm³/mol. The number of nitrogens with zero attached hydrogens (tertiary/aromatic N) is 2. The first-order chi connectivity index (χ1) is 17.7. The molecule has 1 N–H and O–H groups in total. The number of methoxy groups -OCH3 is 1. The molecule has 9 nitrogen and oxygen atoms in total. The Kier molecular flexibility index (Phi) is 7.17. The van der Waals surface area contributed by atoms with Crippen LogP contribution in [-0.2, 0) is 25.2 Å². The van der Waals surface area contributed by atoms with Crippen molar-refractivity contribution in [2.24, 2.45) is 0 Å². The van der Waals surface area contributed by atoms with Gasteiger partial charge in [0, 0.05) is 12.0 Å². The van der Waals surface area contributed by atoms with Crippen LogP contribution in [-0.4, -0.2) is 54.5 Å². The number of rotatable bonds is 4. The van der Waals surface area contributed by atoms with Crippen LogP contribution in [0, 0.1) is 11.3 Å². The third kappa shape index (κ3) is 5.06. The molecule has 4 rings (SSSR count). The number of fused-ring (bicyclic) bond motifs is 1. The molecule has 200 valence electrons. The molecule has 2 aliphatic rings. The highest BCUT2D eigenvalue weighted by molar-refractivity contribution is 6.63. The van der Waals surface area contributed by atoms with Crippen molar-refractivity contribution in [2.45, 2.75) is 77.7 Å². The van der Waals surface area contributed by atoms with E-state index < -0.39 is 41.9 Å². The van der Waals surface area contributed by atoms with Gasteiger partial charge >= 0.3 is 19.1 Å². The molecule has 2 aliphatic heterocycles. The second-order valence-corrected chi connectivity index (χ2v) is 11.6. The zero-order chi connectivity index (χ0) is 28.0. The molecule has 2 aromatic rings. The minimum Gasteiger partial charge on any atom is -0.465 e. The van der Waals surface area contributed by atoms with Gasteiger partial charge < -0.3 is 24.1 Å². The number of aromatic nitrogens is 1. The van der Waals surface area contributed by atoms with E-state index in [1.807, 2.05) is 27.7 Å². The number of carbonyl (C=O) groups excluding carboxylic acids is 2. The second-order valence-electron chi connectivity index (χ2n) is 11.6. The van der Waals surface area contributed by atoms with E-state index in [-0.39, 0.29) is 5.69 Å². The maximum absolute atomic E-state index is 13.4. The molecule has 1 unspecified atom stereocenters. The number of hydrogen-bond donors (Lipinski definition) is 1. The Balaban J connectivity index is 1.87. The molecule has 1 atom stereocenters. The van der Waals surface area contributed by atoms with Gasteiger partial charge in [-0.2, -0.15) is 5.26 Å². The molecule has 10 heteroatoms. The van der Waals surface area contributed by atoms with E-state index in [0.717, 1.165) is 5.56 Å². The van der Waals surface area contributed by atoms with Crippen molar-refractivity contribution in [3.63, 3.8) is 0 Å². The summed E-state index contributed by atoms with van der Waals surface area (Å²) < 4.78 is 23.2.